The van der Waals surface area contributed by atoms with Crippen LogP contribution in [0.3, 0.4) is 0 Å². The number of amides is 1. The fourth-order valence-electron chi connectivity index (χ4n) is 2.41. The molecular weight excluding hydrogens is 298 g/mol. The molecule has 2 rings (SSSR count). The van der Waals surface area contributed by atoms with Gasteiger partial charge in [-0.2, -0.15) is 0 Å². The average molecular weight is 321 g/mol. The topological polar surface area (TPSA) is 76.1 Å². The third-order valence-corrected chi connectivity index (χ3v) is 3.40. The molecule has 0 radical (unpaired) electrons. The van der Waals surface area contributed by atoms with Crippen LogP contribution < -0.4 is 0 Å². The molecule has 126 valence electrons. The summed E-state index contributed by atoms with van der Waals surface area (Å²) >= 11 is 0. The second-order valence-electron chi connectivity index (χ2n) is 6.63. The van der Waals surface area contributed by atoms with Crippen LogP contribution in [0, 0.1) is 0 Å². The first-order valence-electron chi connectivity index (χ1n) is 7.64. The summed E-state index contributed by atoms with van der Waals surface area (Å²) in [4.78, 5) is 25.7. The van der Waals surface area contributed by atoms with Crippen molar-refractivity contribution in [2.45, 2.75) is 51.5 Å². The summed E-state index contributed by atoms with van der Waals surface area (Å²) in [5, 5.41) is 9.79. The number of hydrogen-bond acceptors (Lipinski definition) is 5. The number of hydrogen-bond donors (Lipinski definition) is 1. The molecule has 1 aliphatic heterocycles. The summed E-state index contributed by atoms with van der Waals surface area (Å²) in [6, 6.07) is 8.46. The zero-order valence-electron chi connectivity index (χ0n) is 13.7. The number of likely N-dealkylation sites (tertiary alicyclic amines) is 1. The number of rotatable bonds is 3. The van der Waals surface area contributed by atoms with Gasteiger partial charge in [-0.05, 0) is 26.3 Å². The molecule has 2 atom stereocenters. The third-order valence-electron chi connectivity index (χ3n) is 3.40. The second kappa shape index (κ2) is 7.00. The van der Waals surface area contributed by atoms with Crippen LogP contribution in [-0.4, -0.2) is 46.4 Å². The van der Waals surface area contributed by atoms with E-state index in [1.807, 2.05) is 30.3 Å². The first-order chi connectivity index (χ1) is 10.8. The fourth-order valence-corrected chi connectivity index (χ4v) is 2.41. The minimum Gasteiger partial charge on any atom is -0.458 e. The maximum Gasteiger partial charge on any atom is 0.410 e. The van der Waals surface area contributed by atoms with Gasteiger partial charge in [-0.25, -0.2) is 9.59 Å². The van der Waals surface area contributed by atoms with Crippen molar-refractivity contribution in [1.82, 2.24) is 4.90 Å². The van der Waals surface area contributed by atoms with E-state index >= 15 is 0 Å². The van der Waals surface area contributed by atoms with Gasteiger partial charge < -0.3 is 14.6 Å². The minimum atomic E-state index is -0.813. The number of β-amino-alcohol motifs (C(OH)–C–C–N with tert-alkyl or cyclic N) is 1. The van der Waals surface area contributed by atoms with Gasteiger partial charge in [0.15, 0.2) is 0 Å². The highest BCUT2D eigenvalue weighted by molar-refractivity contribution is 5.82. The Morgan fingerprint density at radius 2 is 1.91 bits per heavy atom. The number of esters is 1. The number of benzene rings is 1. The molecular formula is C17H23NO5. The van der Waals surface area contributed by atoms with E-state index in [1.165, 1.54) is 4.90 Å². The van der Waals surface area contributed by atoms with Crippen LogP contribution in [0.25, 0.3) is 0 Å². The van der Waals surface area contributed by atoms with E-state index in [9.17, 15) is 14.7 Å². The second-order valence-corrected chi connectivity index (χ2v) is 6.63. The summed E-state index contributed by atoms with van der Waals surface area (Å²) in [5.41, 5.74) is 0.207. The van der Waals surface area contributed by atoms with E-state index in [1.54, 1.807) is 20.8 Å². The lowest BCUT2D eigenvalue weighted by Gasteiger charge is -2.26. The van der Waals surface area contributed by atoms with Crippen molar-refractivity contribution in [3.05, 3.63) is 35.9 Å². The Labute approximate surface area is 136 Å². The molecule has 23 heavy (non-hydrogen) atoms. The quantitative estimate of drug-likeness (QED) is 0.863. The molecule has 0 aliphatic carbocycles. The van der Waals surface area contributed by atoms with Crippen molar-refractivity contribution in [2.24, 2.45) is 0 Å². The SMILES string of the molecule is CC(C)(C)OC(=O)[C@H]1C[C@H](O)CN1C(=O)OCc1ccccc1. The lowest BCUT2D eigenvalue weighted by molar-refractivity contribution is -0.159. The summed E-state index contributed by atoms with van der Waals surface area (Å²) in [6.45, 7) is 5.46. The number of nitrogens with zero attached hydrogens (tertiary/aromatic N) is 1. The molecule has 1 amide bonds. The van der Waals surface area contributed by atoms with Gasteiger partial charge in [-0.3, -0.25) is 4.90 Å². The predicted molar refractivity (Wildman–Crippen MR) is 83.6 cm³/mol. The van der Waals surface area contributed by atoms with Crippen LogP contribution in [0.1, 0.15) is 32.8 Å². The van der Waals surface area contributed by atoms with Gasteiger partial charge in [-0.1, -0.05) is 30.3 Å². The van der Waals surface area contributed by atoms with Gasteiger partial charge >= 0.3 is 12.1 Å². The van der Waals surface area contributed by atoms with Crippen molar-refractivity contribution in [2.75, 3.05) is 6.54 Å². The van der Waals surface area contributed by atoms with Crippen molar-refractivity contribution < 1.29 is 24.2 Å². The van der Waals surface area contributed by atoms with Crippen molar-refractivity contribution in [3.8, 4) is 0 Å². The zero-order chi connectivity index (χ0) is 17.0. The molecule has 1 heterocycles. The average Bonchev–Trinajstić information content (AvgIpc) is 2.86. The summed E-state index contributed by atoms with van der Waals surface area (Å²) < 4.78 is 10.6. The summed E-state index contributed by atoms with van der Waals surface area (Å²) in [5.74, 6) is -0.522. The van der Waals surface area contributed by atoms with Crippen molar-refractivity contribution in [1.29, 1.82) is 0 Å². The molecule has 1 fully saturated rings. The van der Waals surface area contributed by atoms with Crippen LogP contribution in [0.5, 0.6) is 0 Å². The van der Waals surface area contributed by atoms with E-state index < -0.39 is 29.8 Å². The van der Waals surface area contributed by atoms with E-state index in [-0.39, 0.29) is 19.6 Å². The van der Waals surface area contributed by atoms with Crippen LogP contribution >= 0.6 is 0 Å². The molecule has 1 aromatic rings. The fraction of sp³-hybridized carbons (Fsp3) is 0.529. The molecule has 0 spiro atoms. The number of ether oxygens (including phenoxy) is 2. The summed E-state index contributed by atoms with van der Waals surface area (Å²) in [7, 11) is 0. The molecule has 0 saturated carbocycles. The zero-order valence-corrected chi connectivity index (χ0v) is 13.7. The molecule has 0 aromatic heterocycles. The first kappa shape index (κ1) is 17.3. The molecule has 1 aromatic carbocycles. The van der Waals surface area contributed by atoms with E-state index in [0.717, 1.165) is 5.56 Å². The number of aliphatic hydroxyl groups is 1. The molecule has 0 bridgehead atoms. The van der Waals surface area contributed by atoms with E-state index in [0.29, 0.717) is 0 Å². The Bertz CT molecular complexity index is 552. The maximum absolute atomic E-state index is 12.2. The monoisotopic (exact) mass is 321 g/mol. The lowest BCUT2D eigenvalue weighted by atomic mass is 10.1. The number of carbonyl (C=O) groups excluding carboxylic acids is 2. The molecule has 1 aliphatic rings. The number of aliphatic hydroxyl groups excluding tert-OH is 1. The molecule has 1 saturated heterocycles. The lowest BCUT2D eigenvalue weighted by Crippen LogP contribution is -2.43. The van der Waals surface area contributed by atoms with Gasteiger partial charge in [0, 0.05) is 6.42 Å². The molecule has 6 nitrogen and oxygen atoms in total. The van der Waals surface area contributed by atoms with Gasteiger partial charge in [0.2, 0.25) is 0 Å². The van der Waals surface area contributed by atoms with Crippen molar-refractivity contribution >= 4 is 12.1 Å². The predicted octanol–water partition coefficient (Wildman–Crippen LogP) is 2.10. The van der Waals surface area contributed by atoms with E-state index in [4.69, 9.17) is 9.47 Å². The summed E-state index contributed by atoms with van der Waals surface area (Å²) in [6.07, 6.45) is -1.21. The largest absolute Gasteiger partial charge is 0.458 e. The molecule has 0 unspecified atom stereocenters. The number of carbonyl (C=O) groups is 2. The van der Waals surface area contributed by atoms with Gasteiger partial charge in [0.05, 0.1) is 12.6 Å². The highest BCUT2D eigenvalue weighted by atomic mass is 16.6. The Balaban J connectivity index is 1.98. The first-order valence-corrected chi connectivity index (χ1v) is 7.64. The highest BCUT2D eigenvalue weighted by Crippen LogP contribution is 2.22. The van der Waals surface area contributed by atoms with Crippen LogP contribution in [0.15, 0.2) is 30.3 Å². The Kier molecular flexibility index (Phi) is 5.26. The molecule has 1 N–H and O–H groups in total. The highest BCUT2D eigenvalue weighted by Gasteiger charge is 2.41. The van der Waals surface area contributed by atoms with E-state index in [2.05, 4.69) is 0 Å². The van der Waals surface area contributed by atoms with Gasteiger partial charge in [0.1, 0.15) is 18.2 Å². The smallest absolute Gasteiger partial charge is 0.410 e. The Hall–Kier alpha value is -2.08. The van der Waals surface area contributed by atoms with Crippen molar-refractivity contribution in [3.63, 3.8) is 0 Å². The minimum absolute atomic E-state index is 0.0670. The van der Waals surface area contributed by atoms with Gasteiger partial charge in [-0.15, -0.1) is 0 Å². The Morgan fingerprint density at radius 1 is 1.26 bits per heavy atom. The van der Waals surface area contributed by atoms with Crippen LogP contribution in [-0.2, 0) is 20.9 Å². The standard InChI is InChI=1S/C17H23NO5/c1-17(2,3)23-15(20)14-9-13(19)10-18(14)16(21)22-11-12-7-5-4-6-8-12/h4-8,13-14,19H,9-11H2,1-3H3/t13-,14+/m0/s1. The van der Waals surface area contributed by atoms with Gasteiger partial charge in [0.25, 0.3) is 0 Å². The molecule has 6 heteroatoms. The maximum atomic E-state index is 12.2. The normalized spacial score (nSPS) is 21.1. The van der Waals surface area contributed by atoms with Crippen LogP contribution in [0.4, 0.5) is 4.79 Å². The third kappa shape index (κ3) is 4.96. The van der Waals surface area contributed by atoms with Crippen LogP contribution in [0.2, 0.25) is 0 Å². The Morgan fingerprint density at radius 3 is 2.52 bits per heavy atom.